The largest absolute Gasteiger partial charge is 0.481 e. The SMILES string of the molecule is CC(NC(=O)C(CCCN=C(N)N)NC(=O)CN)C(=O)NC(CC(=O)O)C(=O)O. The third-order valence-electron chi connectivity index (χ3n) is 3.53. The van der Waals surface area contributed by atoms with Crippen molar-refractivity contribution in [1.82, 2.24) is 16.0 Å². The molecule has 0 aromatic heterocycles. The summed E-state index contributed by atoms with van der Waals surface area (Å²) in [6.07, 6.45) is -0.359. The first-order valence-corrected chi connectivity index (χ1v) is 8.58. The summed E-state index contributed by atoms with van der Waals surface area (Å²) in [4.78, 5) is 61.4. The summed E-state index contributed by atoms with van der Waals surface area (Å²) in [6.45, 7) is 1.12. The van der Waals surface area contributed by atoms with Gasteiger partial charge in [0.2, 0.25) is 17.7 Å². The Bertz CT molecular complexity index is 649. The molecular formula is C15H27N7O7. The Morgan fingerprint density at radius 3 is 2.07 bits per heavy atom. The predicted molar refractivity (Wildman–Crippen MR) is 100 cm³/mol. The van der Waals surface area contributed by atoms with Crippen molar-refractivity contribution in [3.05, 3.63) is 0 Å². The minimum atomic E-state index is -1.66. The molecule has 0 heterocycles. The zero-order valence-corrected chi connectivity index (χ0v) is 15.9. The lowest BCUT2D eigenvalue weighted by molar-refractivity contribution is -0.147. The van der Waals surface area contributed by atoms with Crippen molar-refractivity contribution < 1.29 is 34.2 Å². The summed E-state index contributed by atoms with van der Waals surface area (Å²) < 4.78 is 0. The van der Waals surface area contributed by atoms with Crippen molar-refractivity contribution in [2.75, 3.05) is 13.1 Å². The number of carboxylic acid groups (broad SMARTS) is 2. The van der Waals surface area contributed by atoms with Crippen LogP contribution in [0.2, 0.25) is 0 Å². The molecule has 14 nitrogen and oxygen atoms in total. The molecule has 3 atom stereocenters. The van der Waals surface area contributed by atoms with E-state index in [0.717, 1.165) is 0 Å². The van der Waals surface area contributed by atoms with Crippen LogP contribution < -0.4 is 33.2 Å². The van der Waals surface area contributed by atoms with Crippen LogP contribution in [0.5, 0.6) is 0 Å². The average molecular weight is 417 g/mol. The van der Waals surface area contributed by atoms with Crippen molar-refractivity contribution >= 4 is 35.6 Å². The number of aliphatic carboxylic acids is 2. The first kappa shape index (κ1) is 25.6. The van der Waals surface area contributed by atoms with E-state index in [9.17, 15) is 24.0 Å². The molecule has 0 fully saturated rings. The van der Waals surface area contributed by atoms with Gasteiger partial charge in [-0.2, -0.15) is 0 Å². The van der Waals surface area contributed by atoms with Crippen LogP contribution in [-0.4, -0.2) is 77.0 Å². The summed E-state index contributed by atoms with van der Waals surface area (Å²) in [5, 5.41) is 24.4. The van der Waals surface area contributed by atoms with Crippen LogP contribution in [0.15, 0.2) is 4.99 Å². The van der Waals surface area contributed by atoms with Crippen molar-refractivity contribution in [1.29, 1.82) is 0 Å². The Hall–Kier alpha value is -3.42. The van der Waals surface area contributed by atoms with Crippen molar-refractivity contribution in [3.63, 3.8) is 0 Å². The Morgan fingerprint density at radius 2 is 1.59 bits per heavy atom. The first-order valence-electron chi connectivity index (χ1n) is 8.58. The third kappa shape index (κ3) is 11.1. The maximum atomic E-state index is 12.4. The molecular weight excluding hydrogens is 390 g/mol. The molecule has 164 valence electrons. The zero-order chi connectivity index (χ0) is 22.6. The van der Waals surface area contributed by atoms with Crippen molar-refractivity contribution in [2.45, 2.75) is 44.3 Å². The number of nitrogens with two attached hydrogens (primary N) is 3. The number of hydrogen-bond acceptors (Lipinski definition) is 7. The molecule has 0 bridgehead atoms. The highest BCUT2D eigenvalue weighted by molar-refractivity contribution is 5.94. The Labute approximate surface area is 166 Å². The van der Waals surface area contributed by atoms with Gasteiger partial charge in [-0.3, -0.25) is 24.2 Å². The van der Waals surface area contributed by atoms with E-state index in [-0.39, 0.29) is 25.5 Å². The normalized spacial score (nSPS) is 13.3. The molecule has 29 heavy (non-hydrogen) atoms. The van der Waals surface area contributed by atoms with E-state index < -0.39 is 54.2 Å². The molecule has 14 heteroatoms. The lowest BCUT2D eigenvalue weighted by Crippen LogP contribution is -2.55. The molecule has 3 unspecified atom stereocenters. The highest BCUT2D eigenvalue weighted by atomic mass is 16.4. The second kappa shape index (κ2) is 12.9. The number of guanidine groups is 1. The van der Waals surface area contributed by atoms with Gasteiger partial charge < -0.3 is 43.4 Å². The van der Waals surface area contributed by atoms with Gasteiger partial charge in [-0.1, -0.05) is 0 Å². The smallest absolute Gasteiger partial charge is 0.326 e. The number of hydrogen-bond donors (Lipinski definition) is 8. The molecule has 0 spiro atoms. The monoisotopic (exact) mass is 417 g/mol. The van der Waals surface area contributed by atoms with E-state index in [2.05, 4.69) is 15.6 Å². The molecule has 0 aliphatic carbocycles. The summed E-state index contributed by atoms with van der Waals surface area (Å²) in [5.41, 5.74) is 15.6. The number of amides is 3. The van der Waals surface area contributed by atoms with Crippen molar-refractivity contribution in [3.8, 4) is 0 Å². The number of nitrogens with zero attached hydrogens (tertiary/aromatic N) is 1. The van der Waals surface area contributed by atoms with E-state index in [1.54, 1.807) is 0 Å². The fourth-order valence-electron chi connectivity index (χ4n) is 2.08. The molecule has 0 rings (SSSR count). The minimum Gasteiger partial charge on any atom is -0.481 e. The Balaban J connectivity index is 4.94. The number of rotatable bonds is 13. The fraction of sp³-hybridized carbons (Fsp3) is 0.600. The van der Waals surface area contributed by atoms with Crippen LogP contribution in [0.1, 0.15) is 26.2 Å². The molecule has 0 saturated carbocycles. The van der Waals surface area contributed by atoms with E-state index in [4.69, 9.17) is 27.4 Å². The number of nitrogens with one attached hydrogen (secondary N) is 3. The van der Waals surface area contributed by atoms with Crippen LogP contribution in [-0.2, 0) is 24.0 Å². The number of aliphatic imine (C=N–C) groups is 1. The molecule has 0 saturated heterocycles. The number of carbonyl (C=O) groups is 5. The molecule has 0 aliphatic rings. The summed E-state index contributed by atoms with van der Waals surface area (Å²) in [6, 6.07) is -3.90. The highest BCUT2D eigenvalue weighted by Gasteiger charge is 2.28. The lowest BCUT2D eigenvalue weighted by atomic mass is 10.1. The molecule has 3 amide bonds. The second-order valence-electron chi connectivity index (χ2n) is 6.00. The van der Waals surface area contributed by atoms with Gasteiger partial charge in [-0.15, -0.1) is 0 Å². The van der Waals surface area contributed by atoms with E-state index in [0.29, 0.717) is 6.42 Å². The van der Waals surface area contributed by atoms with Gasteiger partial charge in [-0.25, -0.2) is 4.79 Å². The molecule has 11 N–H and O–H groups in total. The first-order chi connectivity index (χ1) is 13.5. The number of carbonyl (C=O) groups excluding carboxylic acids is 3. The Morgan fingerprint density at radius 1 is 0.966 bits per heavy atom. The van der Waals surface area contributed by atoms with Gasteiger partial charge in [0.15, 0.2) is 5.96 Å². The topological polar surface area (TPSA) is 252 Å². The van der Waals surface area contributed by atoms with Gasteiger partial charge in [0.1, 0.15) is 18.1 Å². The summed E-state index contributed by atoms with van der Waals surface area (Å²) >= 11 is 0. The third-order valence-corrected chi connectivity index (χ3v) is 3.53. The minimum absolute atomic E-state index is 0.128. The predicted octanol–water partition coefficient (Wildman–Crippen LogP) is -3.97. The van der Waals surface area contributed by atoms with Crippen LogP contribution in [0.4, 0.5) is 0 Å². The van der Waals surface area contributed by atoms with E-state index >= 15 is 0 Å². The summed E-state index contributed by atoms with van der Waals surface area (Å²) in [7, 11) is 0. The van der Waals surface area contributed by atoms with Crippen LogP contribution >= 0.6 is 0 Å². The molecule has 0 aromatic carbocycles. The van der Waals surface area contributed by atoms with Gasteiger partial charge >= 0.3 is 11.9 Å². The zero-order valence-electron chi connectivity index (χ0n) is 15.9. The maximum absolute atomic E-state index is 12.4. The summed E-state index contributed by atoms with van der Waals surface area (Å²) in [5.74, 6) is -5.30. The van der Waals surface area contributed by atoms with Gasteiger partial charge in [0, 0.05) is 6.54 Å². The fourth-order valence-corrected chi connectivity index (χ4v) is 2.08. The molecule has 0 aromatic rings. The molecule has 0 aliphatic heterocycles. The van der Waals surface area contributed by atoms with Crippen molar-refractivity contribution in [2.24, 2.45) is 22.2 Å². The van der Waals surface area contributed by atoms with Gasteiger partial charge in [-0.05, 0) is 19.8 Å². The maximum Gasteiger partial charge on any atom is 0.326 e. The van der Waals surface area contributed by atoms with E-state index in [1.807, 2.05) is 5.32 Å². The van der Waals surface area contributed by atoms with Crippen LogP contribution in [0.25, 0.3) is 0 Å². The Kier molecular flexibility index (Phi) is 11.4. The number of carboxylic acids is 2. The highest BCUT2D eigenvalue weighted by Crippen LogP contribution is 2.01. The average Bonchev–Trinajstić information content (AvgIpc) is 2.62. The second-order valence-corrected chi connectivity index (χ2v) is 6.00. The lowest BCUT2D eigenvalue weighted by Gasteiger charge is -2.22. The van der Waals surface area contributed by atoms with Crippen LogP contribution in [0.3, 0.4) is 0 Å². The standard InChI is InChI=1S/C15H27N7O7/c1-7(12(26)22-9(14(28)29)5-11(24)25)20-13(27)8(21-10(23)6-16)3-2-4-19-15(17)18/h7-9H,2-6,16H2,1H3,(H,20,27)(H,21,23)(H,22,26)(H,24,25)(H,28,29)(H4,17,18,19). The van der Waals surface area contributed by atoms with E-state index in [1.165, 1.54) is 6.92 Å². The van der Waals surface area contributed by atoms with Crippen LogP contribution in [0, 0.1) is 0 Å². The molecule has 0 radical (unpaired) electrons. The van der Waals surface area contributed by atoms with Gasteiger partial charge in [0.25, 0.3) is 0 Å². The quantitative estimate of drug-likeness (QED) is 0.0819. The van der Waals surface area contributed by atoms with Gasteiger partial charge in [0.05, 0.1) is 13.0 Å².